The lowest BCUT2D eigenvalue weighted by atomic mass is 10.1. The summed E-state index contributed by atoms with van der Waals surface area (Å²) in [6.07, 6.45) is 1.11. The Hall–Kier alpha value is 0.140. The van der Waals surface area contributed by atoms with Crippen molar-refractivity contribution in [1.29, 1.82) is 0 Å². The Morgan fingerprint density at radius 3 is 2.67 bits per heavy atom. The van der Waals surface area contributed by atoms with Crippen LogP contribution in [0.4, 0.5) is 0 Å². The molecule has 0 radical (unpaired) electrons. The molecule has 0 amide bonds. The van der Waals surface area contributed by atoms with Crippen LogP contribution in [0.5, 0.6) is 0 Å². The summed E-state index contributed by atoms with van der Waals surface area (Å²) < 4.78 is 6.70. The first-order valence-corrected chi connectivity index (χ1v) is 8.49. The first kappa shape index (κ1) is 21.1. The van der Waals surface area contributed by atoms with Crippen LogP contribution >= 0.6 is 51.2 Å². The predicted octanol–water partition coefficient (Wildman–Crippen LogP) is 3.86. The highest BCUT2D eigenvalue weighted by Gasteiger charge is 2.00. The van der Waals surface area contributed by atoms with E-state index in [-0.39, 0.29) is 24.0 Å². The number of guanidine groups is 1. The van der Waals surface area contributed by atoms with Gasteiger partial charge in [-0.1, -0.05) is 13.8 Å². The minimum absolute atomic E-state index is 0. The third-order valence-corrected chi connectivity index (χ3v) is 4.28. The van der Waals surface area contributed by atoms with Gasteiger partial charge in [-0.15, -0.1) is 35.3 Å². The minimum Gasteiger partial charge on any atom is -0.380 e. The SMILES string of the molecule is CN=C(NCCOCCC(C)C)NCc1ccc(Br)s1.I. The van der Waals surface area contributed by atoms with E-state index in [0.29, 0.717) is 12.5 Å². The molecule has 1 aromatic rings. The van der Waals surface area contributed by atoms with E-state index in [9.17, 15) is 0 Å². The zero-order valence-corrected chi connectivity index (χ0v) is 17.6. The summed E-state index contributed by atoms with van der Waals surface area (Å²) in [5.41, 5.74) is 0. The molecule has 0 aliphatic carbocycles. The molecule has 0 atom stereocenters. The van der Waals surface area contributed by atoms with Gasteiger partial charge in [0.05, 0.1) is 16.9 Å². The average molecular weight is 490 g/mol. The molecule has 1 aromatic heterocycles. The van der Waals surface area contributed by atoms with E-state index in [0.717, 1.165) is 35.9 Å². The van der Waals surface area contributed by atoms with Gasteiger partial charge in [-0.2, -0.15) is 0 Å². The highest BCUT2D eigenvalue weighted by Crippen LogP contribution is 2.21. The van der Waals surface area contributed by atoms with Gasteiger partial charge in [0.1, 0.15) is 0 Å². The maximum absolute atomic E-state index is 5.56. The number of nitrogens with one attached hydrogen (secondary N) is 2. The molecule has 0 unspecified atom stereocenters. The topological polar surface area (TPSA) is 45.7 Å². The number of thiophene rings is 1. The van der Waals surface area contributed by atoms with E-state index in [1.54, 1.807) is 18.4 Å². The normalized spacial score (nSPS) is 11.4. The second-order valence-corrected chi connectivity index (χ2v) is 7.40. The van der Waals surface area contributed by atoms with Crippen LogP contribution in [-0.2, 0) is 11.3 Å². The number of halogens is 2. The summed E-state index contributed by atoms with van der Waals surface area (Å²) in [7, 11) is 1.78. The van der Waals surface area contributed by atoms with Gasteiger partial charge in [0, 0.05) is 25.1 Å². The zero-order valence-electron chi connectivity index (χ0n) is 12.8. The molecule has 0 saturated heterocycles. The number of aliphatic imine (C=N–C) groups is 1. The highest BCUT2D eigenvalue weighted by atomic mass is 127. The average Bonchev–Trinajstić information content (AvgIpc) is 2.82. The minimum atomic E-state index is 0. The lowest BCUT2D eigenvalue weighted by Crippen LogP contribution is -2.38. The van der Waals surface area contributed by atoms with Crippen molar-refractivity contribution in [3.05, 3.63) is 20.8 Å². The molecule has 7 heteroatoms. The van der Waals surface area contributed by atoms with Crippen LogP contribution < -0.4 is 10.6 Å². The standard InChI is InChI=1S/C14H24BrN3OS.HI/c1-11(2)6-8-19-9-7-17-14(16-3)18-10-12-4-5-13(15)20-12;/h4-5,11H,6-10H2,1-3H3,(H2,16,17,18);1H. The molecular formula is C14H25BrIN3OS. The van der Waals surface area contributed by atoms with Crippen LogP contribution in [0.3, 0.4) is 0 Å². The van der Waals surface area contributed by atoms with Gasteiger partial charge in [0.15, 0.2) is 5.96 Å². The molecule has 21 heavy (non-hydrogen) atoms. The first-order valence-electron chi connectivity index (χ1n) is 6.88. The maximum Gasteiger partial charge on any atom is 0.191 e. The quantitative estimate of drug-likeness (QED) is 0.252. The fraction of sp³-hybridized carbons (Fsp3) is 0.643. The van der Waals surface area contributed by atoms with Gasteiger partial charge < -0.3 is 15.4 Å². The van der Waals surface area contributed by atoms with Crippen LogP contribution in [0.2, 0.25) is 0 Å². The van der Waals surface area contributed by atoms with Crippen LogP contribution in [0.25, 0.3) is 0 Å². The van der Waals surface area contributed by atoms with Gasteiger partial charge in [0.25, 0.3) is 0 Å². The van der Waals surface area contributed by atoms with Crippen molar-refractivity contribution in [1.82, 2.24) is 10.6 Å². The van der Waals surface area contributed by atoms with Gasteiger partial charge in [-0.25, -0.2) is 0 Å². The first-order chi connectivity index (χ1) is 9.61. The Labute approximate surface area is 157 Å². The van der Waals surface area contributed by atoms with Crippen molar-refractivity contribution in [2.24, 2.45) is 10.9 Å². The molecule has 0 saturated carbocycles. The van der Waals surface area contributed by atoms with Gasteiger partial charge in [-0.3, -0.25) is 4.99 Å². The van der Waals surface area contributed by atoms with Crippen molar-refractivity contribution >= 4 is 57.2 Å². The van der Waals surface area contributed by atoms with Crippen LogP contribution in [-0.4, -0.2) is 32.8 Å². The molecule has 0 aliphatic rings. The molecule has 0 bridgehead atoms. The van der Waals surface area contributed by atoms with Crippen LogP contribution in [0.1, 0.15) is 25.1 Å². The van der Waals surface area contributed by atoms with Gasteiger partial charge >= 0.3 is 0 Å². The lowest BCUT2D eigenvalue weighted by molar-refractivity contribution is 0.128. The number of hydrogen-bond acceptors (Lipinski definition) is 3. The third kappa shape index (κ3) is 10.5. The fourth-order valence-electron chi connectivity index (χ4n) is 1.50. The smallest absolute Gasteiger partial charge is 0.191 e. The van der Waals surface area contributed by atoms with Gasteiger partial charge in [-0.05, 0) is 40.4 Å². The van der Waals surface area contributed by atoms with E-state index >= 15 is 0 Å². The van der Waals surface area contributed by atoms with Crippen molar-refractivity contribution in [3.8, 4) is 0 Å². The zero-order chi connectivity index (χ0) is 14.8. The summed E-state index contributed by atoms with van der Waals surface area (Å²) in [6.45, 7) is 7.50. The van der Waals surface area contributed by atoms with Gasteiger partial charge in [0.2, 0.25) is 0 Å². The molecule has 2 N–H and O–H groups in total. The summed E-state index contributed by atoms with van der Waals surface area (Å²) in [6, 6.07) is 4.16. The molecule has 0 aromatic carbocycles. The van der Waals surface area contributed by atoms with E-state index in [2.05, 4.69) is 57.5 Å². The van der Waals surface area contributed by atoms with Crippen molar-refractivity contribution in [2.45, 2.75) is 26.8 Å². The Morgan fingerprint density at radius 2 is 2.10 bits per heavy atom. The lowest BCUT2D eigenvalue weighted by Gasteiger charge is -2.11. The number of rotatable bonds is 8. The monoisotopic (exact) mass is 489 g/mol. The maximum atomic E-state index is 5.56. The van der Waals surface area contributed by atoms with E-state index in [1.807, 2.05) is 0 Å². The largest absolute Gasteiger partial charge is 0.380 e. The number of ether oxygens (including phenoxy) is 1. The van der Waals surface area contributed by atoms with Crippen molar-refractivity contribution in [3.63, 3.8) is 0 Å². The molecule has 1 heterocycles. The molecule has 0 spiro atoms. The van der Waals surface area contributed by atoms with E-state index in [1.165, 1.54) is 4.88 Å². The third-order valence-electron chi connectivity index (χ3n) is 2.66. The van der Waals surface area contributed by atoms with Crippen LogP contribution in [0.15, 0.2) is 20.9 Å². The van der Waals surface area contributed by atoms with Crippen molar-refractivity contribution < 1.29 is 4.74 Å². The Morgan fingerprint density at radius 1 is 1.33 bits per heavy atom. The number of hydrogen-bond donors (Lipinski definition) is 2. The summed E-state index contributed by atoms with van der Waals surface area (Å²) in [4.78, 5) is 5.46. The van der Waals surface area contributed by atoms with E-state index < -0.39 is 0 Å². The summed E-state index contributed by atoms with van der Waals surface area (Å²) in [5, 5.41) is 6.52. The van der Waals surface area contributed by atoms with Crippen molar-refractivity contribution in [2.75, 3.05) is 26.8 Å². The number of nitrogens with zero attached hydrogens (tertiary/aromatic N) is 1. The van der Waals surface area contributed by atoms with E-state index in [4.69, 9.17) is 4.74 Å². The summed E-state index contributed by atoms with van der Waals surface area (Å²) >= 11 is 5.19. The predicted molar refractivity (Wildman–Crippen MR) is 106 cm³/mol. The molecule has 122 valence electrons. The molecule has 1 rings (SSSR count). The molecule has 0 fully saturated rings. The molecular weight excluding hydrogens is 465 g/mol. The Kier molecular flexibility index (Phi) is 12.7. The Balaban J connectivity index is 0.00000400. The highest BCUT2D eigenvalue weighted by molar-refractivity contribution is 14.0. The summed E-state index contributed by atoms with van der Waals surface area (Å²) in [5.74, 6) is 1.50. The second-order valence-electron chi connectivity index (χ2n) is 4.85. The second kappa shape index (κ2) is 12.7. The fourth-order valence-corrected chi connectivity index (χ4v) is 2.92. The van der Waals surface area contributed by atoms with Crippen LogP contribution in [0, 0.1) is 5.92 Å². The Bertz CT molecular complexity index is 413. The molecule has 4 nitrogen and oxygen atoms in total. The molecule has 0 aliphatic heterocycles.